The first-order valence-electron chi connectivity index (χ1n) is 9.92. The highest BCUT2D eigenvalue weighted by Crippen LogP contribution is 2.42. The average molecular weight is 449 g/mol. The molecule has 0 unspecified atom stereocenters. The number of amides is 1. The Labute approximate surface area is 180 Å². The van der Waals surface area contributed by atoms with Gasteiger partial charge in [-0.15, -0.1) is 0 Å². The van der Waals surface area contributed by atoms with Gasteiger partial charge in [0, 0.05) is 44.4 Å². The Morgan fingerprint density at radius 3 is 2.58 bits per heavy atom. The van der Waals surface area contributed by atoms with Crippen molar-refractivity contribution < 1.29 is 27.8 Å². The molecule has 2 aliphatic rings. The molecule has 4 rings (SSSR count). The first-order chi connectivity index (χ1) is 14.8. The van der Waals surface area contributed by atoms with Crippen LogP contribution in [0.3, 0.4) is 0 Å². The highest BCUT2D eigenvalue weighted by Gasteiger charge is 2.29. The fraction of sp³-hybridized carbons (Fsp3) is 0.450. The molecule has 1 N–H and O–H groups in total. The van der Waals surface area contributed by atoms with Crippen LogP contribution < -0.4 is 14.4 Å². The molecule has 0 saturated carbocycles. The van der Waals surface area contributed by atoms with Crippen LogP contribution in [0.2, 0.25) is 0 Å². The number of sulfone groups is 1. The normalized spacial score (nSPS) is 16.8. The van der Waals surface area contributed by atoms with Crippen molar-refractivity contribution in [3.05, 3.63) is 30.1 Å². The zero-order valence-electron chi connectivity index (χ0n) is 17.3. The van der Waals surface area contributed by atoms with Gasteiger partial charge in [-0.2, -0.15) is 4.98 Å². The lowest BCUT2D eigenvalue weighted by Crippen LogP contribution is -2.41. The smallest absolute Gasteiger partial charge is 0.407 e. The zero-order chi connectivity index (χ0) is 22.2. The van der Waals surface area contributed by atoms with Crippen molar-refractivity contribution in [1.82, 2.24) is 14.9 Å². The van der Waals surface area contributed by atoms with Crippen molar-refractivity contribution >= 4 is 27.4 Å². The molecule has 3 heterocycles. The third kappa shape index (κ3) is 4.22. The number of hydrogen-bond acceptors (Lipinski definition) is 8. The SMILES string of the molecule is COc1c(OC2CCN(C(=O)O)CC2)ncnc1N1CCc2cc(S(C)(=O)=O)ccc21. The third-order valence-electron chi connectivity index (χ3n) is 5.58. The number of methoxy groups -OCH3 is 1. The topological polar surface area (TPSA) is 122 Å². The summed E-state index contributed by atoms with van der Waals surface area (Å²) in [5, 5.41) is 9.10. The maximum absolute atomic E-state index is 11.9. The van der Waals surface area contributed by atoms with E-state index >= 15 is 0 Å². The van der Waals surface area contributed by atoms with Gasteiger partial charge in [-0.05, 0) is 30.2 Å². The van der Waals surface area contributed by atoms with Gasteiger partial charge in [-0.3, -0.25) is 0 Å². The lowest BCUT2D eigenvalue weighted by atomic mass is 10.1. The summed E-state index contributed by atoms with van der Waals surface area (Å²) in [6, 6.07) is 5.07. The summed E-state index contributed by atoms with van der Waals surface area (Å²) >= 11 is 0. The second kappa shape index (κ2) is 8.22. The lowest BCUT2D eigenvalue weighted by molar-refractivity contribution is 0.0851. The predicted octanol–water partition coefficient (Wildman–Crippen LogP) is 2.10. The molecule has 31 heavy (non-hydrogen) atoms. The predicted molar refractivity (Wildman–Crippen MR) is 112 cm³/mol. The number of hydrogen-bond donors (Lipinski definition) is 1. The number of ether oxygens (including phenoxy) is 2. The number of benzene rings is 1. The summed E-state index contributed by atoms with van der Waals surface area (Å²) < 4.78 is 35.4. The standard InChI is InChI=1S/C20H24N4O6S/c1-29-17-18(24-10-5-13-11-15(31(2,27)28)3-4-16(13)24)21-12-22-19(17)30-14-6-8-23(9-7-14)20(25)26/h3-4,11-12,14H,5-10H2,1-2H3,(H,25,26). The van der Waals surface area contributed by atoms with Gasteiger partial charge in [-0.1, -0.05) is 0 Å². The van der Waals surface area contributed by atoms with E-state index in [0.717, 1.165) is 11.3 Å². The van der Waals surface area contributed by atoms with Crippen LogP contribution in [0.5, 0.6) is 11.6 Å². The Balaban J connectivity index is 1.58. The fourth-order valence-corrected chi connectivity index (χ4v) is 4.63. The van der Waals surface area contributed by atoms with Crippen LogP contribution in [0.4, 0.5) is 16.3 Å². The fourth-order valence-electron chi connectivity index (χ4n) is 3.96. The molecule has 0 atom stereocenters. The Morgan fingerprint density at radius 1 is 1.19 bits per heavy atom. The summed E-state index contributed by atoms with van der Waals surface area (Å²) in [6.07, 6.45) is 3.31. The largest absolute Gasteiger partial charge is 0.489 e. The summed E-state index contributed by atoms with van der Waals surface area (Å²) in [4.78, 5) is 23.3. The molecule has 166 valence electrons. The highest BCUT2D eigenvalue weighted by molar-refractivity contribution is 7.90. The molecule has 10 nitrogen and oxygen atoms in total. The van der Waals surface area contributed by atoms with Crippen LogP contribution in [-0.2, 0) is 16.3 Å². The third-order valence-corrected chi connectivity index (χ3v) is 6.69. The molecule has 0 aliphatic carbocycles. The summed E-state index contributed by atoms with van der Waals surface area (Å²) in [6.45, 7) is 1.43. The van der Waals surface area contributed by atoms with Crippen LogP contribution in [-0.4, -0.2) is 73.6 Å². The molecule has 1 aromatic carbocycles. The molecule has 11 heteroatoms. The summed E-state index contributed by atoms with van der Waals surface area (Å²) in [5.41, 5.74) is 1.79. The first kappa shape index (κ1) is 21.2. The average Bonchev–Trinajstić information content (AvgIpc) is 3.16. The molecular weight excluding hydrogens is 424 g/mol. The molecule has 0 bridgehead atoms. The lowest BCUT2D eigenvalue weighted by Gasteiger charge is -2.30. The number of carboxylic acid groups (broad SMARTS) is 1. The molecule has 2 aliphatic heterocycles. The number of aromatic nitrogens is 2. The molecule has 1 saturated heterocycles. The Bertz CT molecular complexity index is 1100. The van der Waals surface area contributed by atoms with Crippen molar-refractivity contribution in [3.63, 3.8) is 0 Å². The van der Waals surface area contributed by atoms with E-state index in [1.165, 1.54) is 24.6 Å². The van der Waals surface area contributed by atoms with Crippen LogP contribution in [0, 0.1) is 0 Å². The van der Waals surface area contributed by atoms with Gasteiger partial charge in [0.1, 0.15) is 12.4 Å². The van der Waals surface area contributed by atoms with Gasteiger partial charge >= 0.3 is 6.09 Å². The van der Waals surface area contributed by atoms with Crippen molar-refractivity contribution in [2.24, 2.45) is 0 Å². The van der Waals surface area contributed by atoms with Gasteiger partial charge < -0.3 is 24.4 Å². The number of likely N-dealkylation sites (tertiary alicyclic amines) is 1. The minimum Gasteiger partial charge on any atom is -0.489 e. The monoisotopic (exact) mass is 448 g/mol. The minimum atomic E-state index is -3.28. The number of rotatable bonds is 5. The quantitative estimate of drug-likeness (QED) is 0.732. The van der Waals surface area contributed by atoms with Crippen LogP contribution in [0.25, 0.3) is 0 Å². The van der Waals surface area contributed by atoms with Crippen molar-refractivity contribution in [3.8, 4) is 11.6 Å². The second-order valence-corrected chi connectivity index (χ2v) is 9.60. The minimum absolute atomic E-state index is 0.171. The van der Waals surface area contributed by atoms with E-state index < -0.39 is 15.9 Å². The van der Waals surface area contributed by atoms with E-state index in [1.54, 1.807) is 18.2 Å². The first-order valence-corrected chi connectivity index (χ1v) is 11.8. The molecule has 0 spiro atoms. The Hall–Kier alpha value is -3.08. The molecule has 1 amide bonds. The van der Waals surface area contributed by atoms with Gasteiger partial charge in [0.2, 0.25) is 5.75 Å². The summed E-state index contributed by atoms with van der Waals surface area (Å²) in [5.74, 6) is 1.24. The molecule has 0 radical (unpaired) electrons. The molecule has 1 aromatic heterocycles. The van der Waals surface area contributed by atoms with Crippen molar-refractivity contribution in [1.29, 1.82) is 0 Å². The van der Waals surface area contributed by atoms with E-state index in [1.807, 2.05) is 4.90 Å². The van der Waals surface area contributed by atoms with Crippen LogP contribution in [0.1, 0.15) is 18.4 Å². The van der Waals surface area contributed by atoms with Gasteiger partial charge in [0.15, 0.2) is 15.7 Å². The van der Waals surface area contributed by atoms with Crippen LogP contribution >= 0.6 is 0 Å². The maximum atomic E-state index is 11.9. The Kier molecular flexibility index (Phi) is 5.61. The van der Waals surface area contributed by atoms with E-state index in [2.05, 4.69) is 9.97 Å². The second-order valence-electron chi connectivity index (χ2n) is 7.59. The molecular formula is C20H24N4O6S. The van der Waals surface area contributed by atoms with E-state index in [-0.39, 0.29) is 6.10 Å². The number of fused-ring (bicyclic) bond motifs is 1. The number of anilines is 2. The summed E-state index contributed by atoms with van der Waals surface area (Å²) in [7, 11) is -1.76. The number of carbonyl (C=O) groups is 1. The van der Waals surface area contributed by atoms with Gasteiger partial charge in [0.05, 0.1) is 12.0 Å². The number of nitrogens with zero attached hydrogens (tertiary/aromatic N) is 4. The number of piperidine rings is 1. The van der Waals surface area contributed by atoms with Gasteiger partial charge in [0.25, 0.3) is 5.88 Å². The van der Waals surface area contributed by atoms with E-state index in [4.69, 9.17) is 14.6 Å². The van der Waals surface area contributed by atoms with Crippen molar-refractivity contribution in [2.75, 3.05) is 37.9 Å². The zero-order valence-corrected chi connectivity index (χ0v) is 18.1. The van der Waals surface area contributed by atoms with Gasteiger partial charge in [-0.25, -0.2) is 18.2 Å². The van der Waals surface area contributed by atoms with E-state index in [0.29, 0.717) is 61.2 Å². The van der Waals surface area contributed by atoms with E-state index in [9.17, 15) is 13.2 Å². The van der Waals surface area contributed by atoms with Crippen molar-refractivity contribution in [2.45, 2.75) is 30.3 Å². The molecule has 2 aromatic rings. The Morgan fingerprint density at radius 2 is 1.94 bits per heavy atom. The van der Waals surface area contributed by atoms with Crippen LogP contribution in [0.15, 0.2) is 29.4 Å². The molecule has 1 fully saturated rings. The highest BCUT2D eigenvalue weighted by atomic mass is 32.2. The maximum Gasteiger partial charge on any atom is 0.407 e.